The van der Waals surface area contributed by atoms with E-state index in [0.717, 1.165) is 11.4 Å². The van der Waals surface area contributed by atoms with Crippen molar-refractivity contribution in [3.8, 4) is 0 Å². The molecule has 2 aromatic rings. The Bertz CT molecular complexity index is 585. The van der Waals surface area contributed by atoms with Crippen LogP contribution in [0.2, 0.25) is 0 Å². The molecule has 0 bridgehead atoms. The summed E-state index contributed by atoms with van der Waals surface area (Å²) < 4.78 is 13.7. The topological polar surface area (TPSA) is 36.4 Å². The van der Waals surface area contributed by atoms with E-state index in [4.69, 9.17) is 0 Å². The molecule has 4 heteroatoms. The highest BCUT2D eigenvalue weighted by atomic mass is 19.1. The minimum atomic E-state index is -0.716. The highest BCUT2D eigenvalue weighted by Gasteiger charge is 2.15. The first kappa shape index (κ1) is 14.5. The molecule has 0 saturated heterocycles. The summed E-state index contributed by atoms with van der Waals surface area (Å²) in [6, 6.07) is 8.91. The maximum absolute atomic E-state index is 13.7. The molecule has 0 aliphatic carbocycles. The largest absolute Gasteiger partial charge is 0.389 e. The van der Waals surface area contributed by atoms with Crippen molar-refractivity contribution in [2.24, 2.45) is 0 Å². The van der Waals surface area contributed by atoms with Crippen molar-refractivity contribution in [2.75, 3.05) is 11.9 Å². The Hall–Kier alpha value is -1.94. The molecule has 1 heterocycles. The Morgan fingerprint density at radius 1 is 1.35 bits per heavy atom. The lowest BCUT2D eigenvalue weighted by molar-refractivity contribution is 0.199. The minimum absolute atomic E-state index is 0.295. The van der Waals surface area contributed by atoms with Crippen molar-refractivity contribution in [3.63, 3.8) is 0 Å². The van der Waals surface area contributed by atoms with E-state index in [-0.39, 0.29) is 5.82 Å². The Labute approximate surface area is 118 Å². The Morgan fingerprint density at radius 3 is 2.70 bits per heavy atom. The number of hydrogen-bond acceptors (Lipinski definition) is 3. The van der Waals surface area contributed by atoms with Crippen LogP contribution in [0.3, 0.4) is 0 Å². The zero-order chi connectivity index (χ0) is 14.7. The van der Waals surface area contributed by atoms with Crippen molar-refractivity contribution in [3.05, 3.63) is 59.2 Å². The predicted molar refractivity (Wildman–Crippen MR) is 78.1 cm³/mol. The number of hydrogen-bond donors (Lipinski definition) is 1. The Morgan fingerprint density at radius 2 is 2.10 bits per heavy atom. The van der Waals surface area contributed by atoms with Gasteiger partial charge in [-0.05, 0) is 43.7 Å². The number of aryl methyl sites for hydroxylation is 1. The third-order valence-electron chi connectivity index (χ3n) is 3.29. The van der Waals surface area contributed by atoms with Gasteiger partial charge in [-0.15, -0.1) is 0 Å². The van der Waals surface area contributed by atoms with Crippen LogP contribution in [0.5, 0.6) is 0 Å². The van der Waals surface area contributed by atoms with Gasteiger partial charge in [0.15, 0.2) is 0 Å². The summed E-state index contributed by atoms with van der Waals surface area (Å²) in [5.41, 5.74) is 2.90. The molecule has 0 spiro atoms. The minimum Gasteiger partial charge on any atom is -0.389 e. The van der Waals surface area contributed by atoms with Gasteiger partial charge in [-0.1, -0.05) is 6.07 Å². The first-order valence-corrected chi connectivity index (χ1v) is 6.58. The van der Waals surface area contributed by atoms with Crippen LogP contribution in [0, 0.1) is 12.7 Å². The van der Waals surface area contributed by atoms with Crippen LogP contribution in [0.15, 0.2) is 36.5 Å². The standard InChI is InChI=1S/C16H19FN2O/c1-11-8-16(14(12(2)20)9-15(11)17)19(3)10-13-6-4-5-7-18-13/h4-9,12,20H,10H2,1-3H3/t12-/m1/s1. The number of aliphatic hydroxyl groups is 1. The van der Waals surface area contributed by atoms with Gasteiger partial charge in [0.05, 0.1) is 18.3 Å². The molecule has 1 atom stereocenters. The predicted octanol–water partition coefficient (Wildman–Crippen LogP) is 3.22. The number of nitrogens with zero attached hydrogens (tertiary/aromatic N) is 2. The zero-order valence-corrected chi connectivity index (χ0v) is 12.0. The van der Waals surface area contributed by atoms with Crippen molar-refractivity contribution in [2.45, 2.75) is 26.5 Å². The normalized spacial score (nSPS) is 12.2. The molecule has 0 saturated carbocycles. The SMILES string of the molecule is Cc1cc(N(C)Cc2ccccn2)c([C@@H](C)O)cc1F. The molecule has 0 aliphatic heterocycles. The number of aromatic nitrogens is 1. The first-order valence-electron chi connectivity index (χ1n) is 6.58. The van der Waals surface area contributed by atoms with Gasteiger partial charge in [0.1, 0.15) is 5.82 Å². The van der Waals surface area contributed by atoms with Crippen LogP contribution in [0.25, 0.3) is 0 Å². The van der Waals surface area contributed by atoms with E-state index in [2.05, 4.69) is 4.98 Å². The summed E-state index contributed by atoms with van der Waals surface area (Å²) in [7, 11) is 1.91. The van der Waals surface area contributed by atoms with Gasteiger partial charge in [-0.25, -0.2) is 4.39 Å². The third-order valence-corrected chi connectivity index (χ3v) is 3.29. The smallest absolute Gasteiger partial charge is 0.126 e. The molecule has 2 rings (SSSR count). The second kappa shape index (κ2) is 6.01. The highest BCUT2D eigenvalue weighted by Crippen LogP contribution is 2.29. The van der Waals surface area contributed by atoms with Crippen LogP contribution < -0.4 is 4.90 Å². The summed E-state index contributed by atoms with van der Waals surface area (Å²) >= 11 is 0. The first-order chi connectivity index (χ1) is 9.49. The van der Waals surface area contributed by atoms with Crippen molar-refractivity contribution in [1.82, 2.24) is 4.98 Å². The molecule has 3 nitrogen and oxygen atoms in total. The molecule has 0 aliphatic rings. The zero-order valence-electron chi connectivity index (χ0n) is 12.0. The highest BCUT2D eigenvalue weighted by molar-refractivity contribution is 5.56. The van der Waals surface area contributed by atoms with E-state index in [0.29, 0.717) is 17.7 Å². The van der Waals surface area contributed by atoms with Crippen molar-refractivity contribution >= 4 is 5.69 Å². The molecule has 0 radical (unpaired) electrons. The molecular weight excluding hydrogens is 255 g/mol. The maximum Gasteiger partial charge on any atom is 0.126 e. The van der Waals surface area contributed by atoms with Crippen LogP contribution in [-0.2, 0) is 6.54 Å². The van der Waals surface area contributed by atoms with Gasteiger partial charge in [0, 0.05) is 24.5 Å². The number of aliphatic hydroxyl groups excluding tert-OH is 1. The fraction of sp³-hybridized carbons (Fsp3) is 0.312. The molecule has 0 unspecified atom stereocenters. The molecule has 1 aromatic heterocycles. The molecule has 0 fully saturated rings. The number of pyridine rings is 1. The van der Waals surface area contributed by atoms with Gasteiger partial charge >= 0.3 is 0 Å². The van der Waals surface area contributed by atoms with E-state index in [1.54, 1.807) is 26.1 Å². The van der Waals surface area contributed by atoms with Gasteiger partial charge in [0.2, 0.25) is 0 Å². The summed E-state index contributed by atoms with van der Waals surface area (Å²) in [5, 5.41) is 9.83. The van der Waals surface area contributed by atoms with E-state index < -0.39 is 6.10 Å². The fourth-order valence-corrected chi connectivity index (χ4v) is 2.17. The summed E-state index contributed by atoms with van der Waals surface area (Å²) in [6.07, 6.45) is 1.03. The van der Waals surface area contributed by atoms with Gasteiger partial charge in [-0.3, -0.25) is 4.98 Å². The number of anilines is 1. The summed E-state index contributed by atoms with van der Waals surface area (Å²) in [6.45, 7) is 3.97. The fourth-order valence-electron chi connectivity index (χ4n) is 2.17. The molecule has 1 N–H and O–H groups in total. The van der Waals surface area contributed by atoms with Crippen LogP contribution in [0.1, 0.15) is 29.8 Å². The van der Waals surface area contributed by atoms with Crippen LogP contribution in [-0.4, -0.2) is 17.1 Å². The molecule has 106 valence electrons. The number of benzene rings is 1. The summed E-state index contributed by atoms with van der Waals surface area (Å²) in [5.74, 6) is -0.295. The van der Waals surface area contributed by atoms with Gasteiger partial charge in [-0.2, -0.15) is 0 Å². The molecule has 20 heavy (non-hydrogen) atoms. The quantitative estimate of drug-likeness (QED) is 0.930. The summed E-state index contributed by atoms with van der Waals surface area (Å²) in [4.78, 5) is 6.25. The number of rotatable bonds is 4. The Kier molecular flexibility index (Phi) is 4.35. The second-order valence-electron chi connectivity index (χ2n) is 5.01. The Balaban J connectivity index is 2.33. The molecule has 0 amide bonds. The average Bonchev–Trinajstić information content (AvgIpc) is 2.42. The third kappa shape index (κ3) is 3.14. The monoisotopic (exact) mass is 274 g/mol. The van der Waals surface area contributed by atoms with Crippen LogP contribution in [0.4, 0.5) is 10.1 Å². The molecular formula is C16H19FN2O. The van der Waals surface area contributed by atoms with Gasteiger partial charge in [0.25, 0.3) is 0 Å². The lowest BCUT2D eigenvalue weighted by Gasteiger charge is -2.24. The van der Waals surface area contributed by atoms with Crippen molar-refractivity contribution in [1.29, 1.82) is 0 Å². The van der Waals surface area contributed by atoms with Gasteiger partial charge < -0.3 is 10.0 Å². The lowest BCUT2D eigenvalue weighted by atomic mass is 10.0. The lowest BCUT2D eigenvalue weighted by Crippen LogP contribution is -2.19. The van der Waals surface area contributed by atoms with E-state index in [9.17, 15) is 9.50 Å². The molecule has 1 aromatic carbocycles. The number of halogens is 1. The average molecular weight is 274 g/mol. The van der Waals surface area contributed by atoms with Crippen LogP contribution >= 0.6 is 0 Å². The maximum atomic E-state index is 13.7. The van der Waals surface area contributed by atoms with E-state index in [1.807, 2.05) is 30.1 Å². The van der Waals surface area contributed by atoms with Crippen molar-refractivity contribution < 1.29 is 9.50 Å². The van der Waals surface area contributed by atoms with E-state index in [1.165, 1.54) is 6.07 Å². The van der Waals surface area contributed by atoms with E-state index >= 15 is 0 Å². The second-order valence-corrected chi connectivity index (χ2v) is 5.01.